The first-order valence-corrected chi connectivity index (χ1v) is 12.5. The Labute approximate surface area is 201 Å². The molecule has 2 N–H and O–H groups in total. The Morgan fingerprint density at radius 1 is 1.06 bits per heavy atom. The van der Waals surface area contributed by atoms with Gasteiger partial charge in [0.15, 0.2) is 5.69 Å². The molecule has 1 saturated heterocycles. The first-order chi connectivity index (χ1) is 16.6. The van der Waals surface area contributed by atoms with E-state index in [-0.39, 0.29) is 18.0 Å². The van der Waals surface area contributed by atoms with Crippen LogP contribution < -0.4 is 5.32 Å². The first-order valence-electron chi connectivity index (χ1n) is 12.5. The van der Waals surface area contributed by atoms with Crippen molar-refractivity contribution in [2.45, 2.75) is 57.2 Å². The number of imidazole rings is 1. The molecule has 0 bridgehead atoms. The largest absolute Gasteiger partial charge is 0.391 e. The maximum atomic E-state index is 14.1. The smallest absolute Gasteiger partial charge is 0.275 e. The second kappa shape index (κ2) is 10.1. The van der Waals surface area contributed by atoms with Crippen molar-refractivity contribution in [2.24, 2.45) is 0 Å². The van der Waals surface area contributed by atoms with Gasteiger partial charge >= 0.3 is 0 Å². The summed E-state index contributed by atoms with van der Waals surface area (Å²) in [6, 6.07) is 20.4. The van der Waals surface area contributed by atoms with Crippen LogP contribution in [0, 0.1) is 6.92 Å². The van der Waals surface area contributed by atoms with Crippen LogP contribution in [-0.2, 0) is 6.42 Å². The van der Waals surface area contributed by atoms with E-state index in [1.165, 1.54) is 5.56 Å². The molecule has 1 aliphatic heterocycles. The Morgan fingerprint density at radius 2 is 1.76 bits per heavy atom. The van der Waals surface area contributed by atoms with E-state index in [4.69, 9.17) is 4.98 Å². The number of aryl methyl sites for hydroxylation is 1. The fourth-order valence-electron chi connectivity index (χ4n) is 5.60. The van der Waals surface area contributed by atoms with Crippen molar-refractivity contribution in [3.63, 3.8) is 0 Å². The predicted molar refractivity (Wildman–Crippen MR) is 134 cm³/mol. The maximum Gasteiger partial charge on any atom is 0.275 e. The minimum Gasteiger partial charge on any atom is -0.391 e. The molecule has 0 radical (unpaired) electrons. The number of hydrogen-bond acceptors (Lipinski definition) is 4. The lowest BCUT2D eigenvalue weighted by molar-refractivity contribution is 0.0629. The van der Waals surface area contributed by atoms with Gasteiger partial charge in [0.25, 0.3) is 5.91 Å². The lowest BCUT2D eigenvalue weighted by Crippen LogP contribution is -2.54. The van der Waals surface area contributed by atoms with Gasteiger partial charge in [-0.2, -0.15) is 0 Å². The Morgan fingerprint density at radius 3 is 2.50 bits per heavy atom. The van der Waals surface area contributed by atoms with Gasteiger partial charge < -0.3 is 19.9 Å². The summed E-state index contributed by atoms with van der Waals surface area (Å²) in [4.78, 5) is 20.9. The summed E-state index contributed by atoms with van der Waals surface area (Å²) >= 11 is 0. The zero-order valence-electron chi connectivity index (χ0n) is 19.9. The first kappa shape index (κ1) is 22.8. The molecule has 178 valence electrons. The summed E-state index contributed by atoms with van der Waals surface area (Å²) in [6.07, 6.45) is 4.19. The van der Waals surface area contributed by atoms with Gasteiger partial charge in [-0.05, 0) is 31.7 Å². The third kappa shape index (κ3) is 4.52. The molecule has 2 aliphatic rings. The van der Waals surface area contributed by atoms with Gasteiger partial charge in [-0.3, -0.25) is 4.79 Å². The van der Waals surface area contributed by atoms with E-state index >= 15 is 0 Å². The lowest BCUT2D eigenvalue weighted by atomic mass is 9.91. The monoisotopic (exact) mass is 458 g/mol. The average Bonchev–Trinajstić information content (AvgIpc) is 3.22. The number of aliphatic hydroxyl groups is 1. The number of hydrogen-bond donors (Lipinski definition) is 2. The van der Waals surface area contributed by atoms with Crippen LogP contribution in [0.3, 0.4) is 0 Å². The number of piperazine rings is 1. The minimum absolute atomic E-state index is 0.0200. The molecule has 6 heteroatoms. The molecule has 2 fully saturated rings. The van der Waals surface area contributed by atoms with Crippen molar-refractivity contribution in [3.8, 4) is 11.3 Å². The number of carbonyl (C=O) groups is 1. The summed E-state index contributed by atoms with van der Waals surface area (Å²) in [5.41, 5.74) is 3.54. The summed E-state index contributed by atoms with van der Waals surface area (Å²) in [5.74, 6) is 0.774. The molecule has 34 heavy (non-hydrogen) atoms. The Balaban J connectivity index is 1.54. The van der Waals surface area contributed by atoms with Crippen LogP contribution >= 0.6 is 0 Å². The highest BCUT2D eigenvalue weighted by Gasteiger charge is 2.35. The van der Waals surface area contributed by atoms with Gasteiger partial charge in [-0.15, -0.1) is 0 Å². The van der Waals surface area contributed by atoms with Crippen molar-refractivity contribution in [2.75, 3.05) is 19.6 Å². The fraction of sp³-hybridized carbons (Fsp3) is 0.429. The molecule has 1 saturated carbocycles. The molecule has 6 nitrogen and oxygen atoms in total. The lowest BCUT2D eigenvalue weighted by Gasteiger charge is -2.36. The summed E-state index contributed by atoms with van der Waals surface area (Å²) < 4.78 is 2.14. The number of nitrogens with zero attached hydrogens (tertiary/aromatic N) is 3. The van der Waals surface area contributed by atoms with E-state index in [2.05, 4.69) is 22.0 Å². The third-order valence-electron chi connectivity index (χ3n) is 7.29. The average molecular weight is 459 g/mol. The number of amides is 1. The molecular weight excluding hydrogens is 424 g/mol. The van der Waals surface area contributed by atoms with Gasteiger partial charge in [-0.1, -0.05) is 73.5 Å². The second-order valence-corrected chi connectivity index (χ2v) is 9.56. The quantitative estimate of drug-likeness (QED) is 0.607. The van der Waals surface area contributed by atoms with Crippen molar-refractivity contribution in [1.82, 2.24) is 19.8 Å². The van der Waals surface area contributed by atoms with Crippen molar-refractivity contribution in [3.05, 3.63) is 77.7 Å². The van der Waals surface area contributed by atoms with Gasteiger partial charge in [0.2, 0.25) is 0 Å². The highest BCUT2D eigenvalue weighted by atomic mass is 16.3. The van der Waals surface area contributed by atoms with Gasteiger partial charge in [0.1, 0.15) is 5.82 Å². The van der Waals surface area contributed by atoms with Crippen molar-refractivity contribution in [1.29, 1.82) is 0 Å². The number of nitrogens with one attached hydrogen (secondary N) is 1. The molecule has 3 atom stereocenters. The van der Waals surface area contributed by atoms with Gasteiger partial charge in [0.05, 0.1) is 17.8 Å². The molecule has 3 aromatic rings. The molecule has 2 heterocycles. The van der Waals surface area contributed by atoms with Crippen LogP contribution in [0.2, 0.25) is 0 Å². The summed E-state index contributed by atoms with van der Waals surface area (Å²) in [6.45, 7) is 4.16. The van der Waals surface area contributed by atoms with Gasteiger partial charge in [-0.25, -0.2) is 4.98 Å². The number of benzene rings is 2. The molecule has 0 unspecified atom stereocenters. The van der Waals surface area contributed by atoms with E-state index in [0.29, 0.717) is 12.2 Å². The summed E-state index contributed by atoms with van der Waals surface area (Å²) in [7, 11) is 0. The normalized spacial score (nSPS) is 23.1. The topological polar surface area (TPSA) is 70.4 Å². The molecule has 1 amide bonds. The Kier molecular flexibility index (Phi) is 6.79. The summed E-state index contributed by atoms with van der Waals surface area (Å²) in [5, 5.41) is 14.3. The number of rotatable bonds is 5. The van der Waals surface area contributed by atoms with E-state index in [1.54, 1.807) is 0 Å². The van der Waals surface area contributed by atoms with Crippen LogP contribution in [0.5, 0.6) is 0 Å². The maximum absolute atomic E-state index is 14.1. The zero-order valence-corrected chi connectivity index (χ0v) is 19.9. The van der Waals surface area contributed by atoms with Crippen molar-refractivity contribution >= 4 is 5.91 Å². The zero-order chi connectivity index (χ0) is 23.5. The van der Waals surface area contributed by atoms with Crippen LogP contribution in [0.4, 0.5) is 0 Å². The SMILES string of the molecule is Cc1nc(C(=O)N2CCNC[C@H]2Cc2ccccc2)c(-c2ccccc2)n1[C@@H]1CCCC[C@H]1O. The molecule has 1 aliphatic carbocycles. The van der Waals surface area contributed by atoms with Gasteiger partial charge in [0, 0.05) is 31.2 Å². The highest BCUT2D eigenvalue weighted by Crippen LogP contribution is 2.36. The Hall–Kier alpha value is -2.96. The van der Waals surface area contributed by atoms with E-state index in [9.17, 15) is 9.90 Å². The molecule has 5 rings (SSSR count). The predicted octanol–water partition coefficient (Wildman–Crippen LogP) is 3.99. The van der Waals surface area contributed by atoms with E-state index < -0.39 is 6.10 Å². The molecule has 1 aromatic heterocycles. The number of carbonyl (C=O) groups excluding carboxylic acids is 1. The molecule has 0 spiro atoms. The molecular formula is C28H34N4O2. The Bertz CT molecular complexity index is 1110. The standard InChI is InChI=1S/C28H34N4O2/c1-20-30-26(28(34)31-17-16-29-19-23(31)18-21-10-4-2-5-11-21)27(22-12-6-3-7-13-22)32(20)24-14-8-9-15-25(24)33/h2-7,10-13,23-25,29,33H,8-9,14-19H2,1H3/t23-,24-,25-/m1/s1. The second-order valence-electron chi connectivity index (χ2n) is 9.56. The number of aromatic nitrogens is 2. The van der Waals surface area contributed by atoms with E-state index in [1.807, 2.05) is 60.4 Å². The highest BCUT2D eigenvalue weighted by molar-refractivity contribution is 5.99. The van der Waals surface area contributed by atoms with Crippen LogP contribution in [0.1, 0.15) is 53.6 Å². The van der Waals surface area contributed by atoms with E-state index in [0.717, 1.165) is 62.3 Å². The fourth-order valence-corrected chi connectivity index (χ4v) is 5.60. The third-order valence-corrected chi connectivity index (χ3v) is 7.29. The minimum atomic E-state index is -0.419. The van der Waals surface area contributed by atoms with Crippen molar-refractivity contribution < 1.29 is 9.90 Å². The molecule has 2 aromatic carbocycles. The van der Waals surface area contributed by atoms with Crippen LogP contribution in [-0.4, -0.2) is 57.2 Å². The van der Waals surface area contributed by atoms with Crippen LogP contribution in [0.15, 0.2) is 60.7 Å². The number of aliphatic hydroxyl groups excluding tert-OH is 1. The van der Waals surface area contributed by atoms with Crippen LogP contribution in [0.25, 0.3) is 11.3 Å².